The van der Waals surface area contributed by atoms with Crippen molar-refractivity contribution in [2.45, 2.75) is 63.3 Å². The third-order valence-corrected chi connectivity index (χ3v) is 7.45. The van der Waals surface area contributed by atoms with Gasteiger partial charge in [0.15, 0.2) is 0 Å². The van der Waals surface area contributed by atoms with Gasteiger partial charge in [-0.05, 0) is 72.4 Å². The van der Waals surface area contributed by atoms with Crippen molar-refractivity contribution in [1.29, 1.82) is 0 Å². The molecular weight excluding hydrogens is 606 g/mol. The molecule has 0 radical (unpaired) electrons. The lowest BCUT2D eigenvalue weighted by atomic mass is 9.84. The highest BCUT2D eigenvalue weighted by Crippen LogP contribution is 2.39. The van der Waals surface area contributed by atoms with E-state index in [1.54, 1.807) is 12.1 Å². The number of carbonyl (C=O) groups is 3. The highest BCUT2D eigenvalue weighted by Gasteiger charge is 2.37. The minimum absolute atomic E-state index is 0.0571. The van der Waals surface area contributed by atoms with E-state index in [0.29, 0.717) is 23.6 Å². The van der Waals surface area contributed by atoms with E-state index in [2.05, 4.69) is 5.32 Å². The van der Waals surface area contributed by atoms with Gasteiger partial charge in [-0.3, -0.25) is 14.5 Å². The van der Waals surface area contributed by atoms with Crippen molar-refractivity contribution in [3.05, 3.63) is 94.5 Å². The van der Waals surface area contributed by atoms with E-state index in [1.165, 1.54) is 24.3 Å². The summed E-state index contributed by atoms with van der Waals surface area (Å²) in [6.45, 7) is -0.286. The van der Waals surface area contributed by atoms with E-state index < -0.39 is 47.2 Å². The summed E-state index contributed by atoms with van der Waals surface area (Å²) in [4.78, 5) is 37.5. The van der Waals surface area contributed by atoms with Crippen molar-refractivity contribution in [1.82, 2.24) is 5.32 Å². The maximum Gasteiger partial charge on any atom is 0.420 e. The molecule has 0 heterocycles. The first-order valence-corrected chi connectivity index (χ1v) is 14.2. The predicted octanol–water partition coefficient (Wildman–Crippen LogP) is 8.18. The molecule has 1 aliphatic rings. The van der Waals surface area contributed by atoms with Gasteiger partial charge in [0.1, 0.15) is 5.75 Å². The Balaban J connectivity index is 1.61. The standard InChI is InChI=1S/C32H30F6N2O5/c33-31(34,35)24-16-25(32(36,37)38)18-27(17-24)45-30(44)40(26-12-10-22(11-13-26)21-4-2-1-3-5-21)19-20-6-8-23(9-7-20)29(43)39-15-14-28(41)42/h6-13,16-18,21H,1-5,14-15,19H2,(H,39,43)(H,41,42). The Kier molecular flexibility index (Phi) is 10.4. The highest BCUT2D eigenvalue weighted by atomic mass is 19.4. The molecule has 240 valence electrons. The Morgan fingerprint density at radius 3 is 1.93 bits per heavy atom. The van der Waals surface area contributed by atoms with Gasteiger partial charge in [-0.2, -0.15) is 26.3 Å². The first-order valence-electron chi connectivity index (χ1n) is 14.2. The van der Waals surface area contributed by atoms with Crippen LogP contribution in [0, 0.1) is 0 Å². The van der Waals surface area contributed by atoms with Gasteiger partial charge in [0.2, 0.25) is 0 Å². The molecule has 3 aromatic carbocycles. The molecule has 45 heavy (non-hydrogen) atoms. The summed E-state index contributed by atoms with van der Waals surface area (Å²) in [5, 5.41) is 11.2. The van der Waals surface area contributed by atoms with Crippen LogP contribution in [0.1, 0.15) is 77.1 Å². The number of amides is 2. The van der Waals surface area contributed by atoms with Crippen LogP contribution in [-0.2, 0) is 23.7 Å². The molecule has 0 aliphatic heterocycles. The first kappa shape index (κ1) is 33.3. The number of anilines is 1. The van der Waals surface area contributed by atoms with E-state index in [1.807, 2.05) is 12.1 Å². The van der Waals surface area contributed by atoms with Crippen LogP contribution in [0.5, 0.6) is 5.75 Å². The number of carboxylic acids is 1. The van der Waals surface area contributed by atoms with Gasteiger partial charge in [-0.15, -0.1) is 0 Å². The summed E-state index contributed by atoms with van der Waals surface area (Å²) in [7, 11) is 0. The first-order chi connectivity index (χ1) is 21.2. The molecule has 2 N–H and O–H groups in total. The predicted molar refractivity (Wildman–Crippen MR) is 152 cm³/mol. The topological polar surface area (TPSA) is 95.9 Å². The molecule has 0 unspecified atom stereocenters. The number of carbonyl (C=O) groups excluding carboxylic acids is 2. The number of ether oxygens (including phenoxy) is 1. The third-order valence-electron chi connectivity index (χ3n) is 7.45. The molecule has 3 aromatic rings. The maximum atomic E-state index is 13.4. The number of benzene rings is 3. The quantitative estimate of drug-likeness (QED) is 0.231. The van der Waals surface area contributed by atoms with E-state index in [4.69, 9.17) is 9.84 Å². The van der Waals surface area contributed by atoms with Crippen molar-refractivity contribution in [2.24, 2.45) is 0 Å². The average Bonchev–Trinajstić information content (AvgIpc) is 2.99. The molecular formula is C32H30F6N2O5. The number of nitrogens with one attached hydrogen (secondary N) is 1. The molecule has 13 heteroatoms. The number of nitrogens with zero attached hydrogens (tertiary/aromatic N) is 1. The Bertz CT molecular complexity index is 1470. The Morgan fingerprint density at radius 1 is 0.822 bits per heavy atom. The zero-order chi connectivity index (χ0) is 32.8. The second kappa shape index (κ2) is 14.0. The van der Waals surface area contributed by atoms with Gasteiger partial charge in [-0.25, -0.2) is 4.79 Å². The van der Waals surface area contributed by atoms with E-state index in [-0.39, 0.29) is 36.8 Å². The molecule has 0 bridgehead atoms. The molecule has 1 aliphatic carbocycles. The second-order valence-corrected chi connectivity index (χ2v) is 10.7. The van der Waals surface area contributed by atoms with Crippen LogP contribution < -0.4 is 15.0 Å². The summed E-state index contributed by atoms with van der Waals surface area (Å²) in [5.74, 6) is -2.20. The van der Waals surface area contributed by atoms with Crippen LogP contribution in [0.2, 0.25) is 0 Å². The lowest BCUT2D eigenvalue weighted by Crippen LogP contribution is -2.33. The van der Waals surface area contributed by atoms with Crippen molar-refractivity contribution in [2.75, 3.05) is 11.4 Å². The molecule has 0 atom stereocenters. The molecule has 4 rings (SSSR count). The van der Waals surface area contributed by atoms with Crippen LogP contribution in [0.25, 0.3) is 0 Å². The van der Waals surface area contributed by atoms with Crippen LogP contribution in [0.3, 0.4) is 0 Å². The zero-order valence-corrected chi connectivity index (χ0v) is 23.9. The zero-order valence-electron chi connectivity index (χ0n) is 23.9. The normalized spacial score (nSPS) is 14.1. The van der Waals surface area contributed by atoms with Crippen molar-refractivity contribution >= 4 is 23.7 Å². The van der Waals surface area contributed by atoms with E-state index >= 15 is 0 Å². The molecule has 0 saturated heterocycles. The Morgan fingerprint density at radius 2 is 1.40 bits per heavy atom. The second-order valence-electron chi connectivity index (χ2n) is 10.7. The SMILES string of the molecule is O=C(O)CCNC(=O)c1ccc(CN(C(=O)Oc2cc(C(F)(F)F)cc(C(F)(F)F)c2)c2ccc(C3CCCCC3)cc2)cc1. The van der Waals surface area contributed by atoms with Crippen molar-refractivity contribution in [3.8, 4) is 5.75 Å². The molecule has 1 saturated carbocycles. The fraction of sp³-hybridized carbons (Fsp3) is 0.344. The van der Waals surface area contributed by atoms with Gasteiger partial charge in [0.05, 0.1) is 24.1 Å². The Labute approximate surface area is 254 Å². The smallest absolute Gasteiger partial charge is 0.420 e. The maximum absolute atomic E-state index is 13.4. The lowest BCUT2D eigenvalue weighted by Gasteiger charge is -2.25. The molecule has 2 amide bonds. The summed E-state index contributed by atoms with van der Waals surface area (Å²) < 4.78 is 85.5. The average molecular weight is 637 g/mol. The molecule has 0 aromatic heterocycles. The minimum Gasteiger partial charge on any atom is -0.481 e. The summed E-state index contributed by atoms with van der Waals surface area (Å²) in [6.07, 6.45) is -6.37. The minimum atomic E-state index is -5.13. The van der Waals surface area contributed by atoms with Gasteiger partial charge >= 0.3 is 24.4 Å². The van der Waals surface area contributed by atoms with Gasteiger partial charge in [0, 0.05) is 17.8 Å². The van der Waals surface area contributed by atoms with Crippen LogP contribution in [0.15, 0.2) is 66.7 Å². The number of halogens is 6. The van der Waals surface area contributed by atoms with E-state index in [9.17, 15) is 40.7 Å². The fourth-order valence-electron chi connectivity index (χ4n) is 5.09. The van der Waals surface area contributed by atoms with Crippen molar-refractivity contribution in [3.63, 3.8) is 0 Å². The van der Waals surface area contributed by atoms with Crippen LogP contribution in [-0.4, -0.2) is 29.6 Å². The molecule has 7 nitrogen and oxygen atoms in total. The number of hydrogen-bond acceptors (Lipinski definition) is 4. The Hall–Kier alpha value is -4.55. The fourth-order valence-corrected chi connectivity index (χ4v) is 5.09. The largest absolute Gasteiger partial charge is 0.481 e. The van der Waals surface area contributed by atoms with Crippen molar-refractivity contribution < 1.29 is 50.6 Å². The van der Waals surface area contributed by atoms with Gasteiger partial charge in [-0.1, -0.05) is 43.5 Å². The molecule has 0 spiro atoms. The molecule has 1 fully saturated rings. The number of aliphatic carboxylic acids is 1. The van der Waals surface area contributed by atoms with Gasteiger partial charge in [0.25, 0.3) is 5.91 Å². The summed E-state index contributed by atoms with van der Waals surface area (Å²) in [5.41, 5.74) is -1.23. The number of hydrogen-bond donors (Lipinski definition) is 2. The number of carboxylic acid groups (broad SMARTS) is 1. The van der Waals surface area contributed by atoms with E-state index in [0.717, 1.165) is 42.6 Å². The van der Waals surface area contributed by atoms with Crippen LogP contribution in [0.4, 0.5) is 36.8 Å². The summed E-state index contributed by atoms with van der Waals surface area (Å²) >= 11 is 0. The summed E-state index contributed by atoms with van der Waals surface area (Å²) in [6, 6.07) is 13.4. The monoisotopic (exact) mass is 636 g/mol. The highest BCUT2D eigenvalue weighted by molar-refractivity contribution is 5.94. The number of rotatable bonds is 9. The lowest BCUT2D eigenvalue weighted by molar-refractivity contribution is -0.143. The van der Waals surface area contributed by atoms with Crippen LogP contribution >= 0.6 is 0 Å². The number of alkyl halides is 6. The third kappa shape index (κ3) is 9.22. The van der Waals surface area contributed by atoms with Gasteiger partial charge < -0.3 is 15.2 Å².